The van der Waals surface area contributed by atoms with Gasteiger partial charge < -0.3 is 15.0 Å². The van der Waals surface area contributed by atoms with E-state index in [0.717, 1.165) is 22.8 Å². The third-order valence-electron chi connectivity index (χ3n) is 4.02. The van der Waals surface area contributed by atoms with Crippen LogP contribution in [0.25, 0.3) is 0 Å². The van der Waals surface area contributed by atoms with Gasteiger partial charge in [-0.2, -0.15) is 0 Å². The quantitative estimate of drug-likeness (QED) is 0.316. The molecule has 0 aliphatic heterocycles. The zero-order valence-corrected chi connectivity index (χ0v) is 19.7. The smallest absolute Gasteiger partial charge is 0.194 e. The van der Waals surface area contributed by atoms with Gasteiger partial charge in [-0.3, -0.25) is 4.99 Å². The van der Waals surface area contributed by atoms with Crippen LogP contribution in [-0.4, -0.2) is 43.1 Å². The molecule has 2 rings (SSSR count). The first-order chi connectivity index (χ1) is 12.9. The fourth-order valence-electron chi connectivity index (χ4n) is 2.49. The van der Waals surface area contributed by atoms with Crippen molar-refractivity contribution in [1.82, 2.24) is 15.2 Å². The lowest BCUT2D eigenvalue weighted by atomic mass is 10.1. The largest absolute Gasteiger partial charge is 0.375 e. The van der Waals surface area contributed by atoms with E-state index in [1.54, 1.807) is 18.4 Å². The molecule has 0 aliphatic carbocycles. The van der Waals surface area contributed by atoms with Crippen LogP contribution in [-0.2, 0) is 17.7 Å². The Morgan fingerprint density at radius 1 is 1.39 bits per heavy atom. The van der Waals surface area contributed by atoms with Crippen LogP contribution in [0.5, 0.6) is 0 Å². The predicted molar refractivity (Wildman–Crippen MR) is 120 cm³/mol. The predicted octanol–water partition coefficient (Wildman–Crippen LogP) is 4.39. The number of nitrogens with zero attached hydrogens (tertiary/aromatic N) is 3. The van der Waals surface area contributed by atoms with Crippen LogP contribution in [0, 0.1) is 11.6 Å². The number of guanidine groups is 1. The molecule has 0 radical (unpaired) electrons. The molecule has 1 unspecified atom stereocenters. The summed E-state index contributed by atoms with van der Waals surface area (Å²) >= 11 is 1.57. The van der Waals surface area contributed by atoms with Crippen molar-refractivity contribution in [2.24, 2.45) is 4.99 Å². The number of ether oxygens (including phenoxy) is 1. The molecule has 1 aromatic heterocycles. The number of rotatable bonds is 8. The van der Waals surface area contributed by atoms with Gasteiger partial charge in [0.15, 0.2) is 5.96 Å². The van der Waals surface area contributed by atoms with Gasteiger partial charge in [-0.25, -0.2) is 13.8 Å². The van der Waals surface area contributed by atoms with Crippen molar-refractivity contribution in [1.29, 1.82) is 0 Å². The van der Waals surface area contributed by atoms with E-state index in [-0.39, 0.29) is 30.1 Å². The Bertz CT molecular complexity index is 772. The first-order valence-electron chi connectivity index (χ1n) is 8.85. The van der Waals surface area contributed by atoms with Gasteiger partial charge in [-0.05, 0) is 44.0 Å². The summed E-state index contributed by atoms with van der Waals surface area (Å²) in [6, 6.07) is 3.48. The van der Waals surface area contributed by atoms with Crippen LogP contribution in [0.4, 0.5) is 8.78 Å². The molecule has 0 fully saturated rings. The fourth-order valence-corrected chi connectivity index (χ4v) is 3.33. The van der Waals surface area contributed by atoms with Crippen LogP contribution >= 0.6 is 35.3 Å². The number of hydrogen-bond acceptors (Lipinski definition) is 4. The van der Waals surface area contributed by atoms with E-state index in [9.17, 15) is 8.78 Å². The van der Waals surface area contributed by atoms with Gasteiger partial charge >= 0.3 is 0 Å². The van der Waals surface area contributed by atoms with Crippen LogP contribution in [0.3, 0.4) is 0 Å². The van der Waals surface area contributed by atoms with Crippen LogP contribution in [0.2, 0.25) is 0 Å². The first-order valence-corrected chi connectivity index (χ1v) is 9.73. The molecule has 5 nitrogen and oxygen atoms in total. The topological polar surface area (TPSA) is 49.8 Å². The number of nitrogens with one attached hydrogen (secondary N) is 1. The minimum absolute atomic E-state index is 0. The minimum atomic E-state index is -0.441. The number of benzene rings is 1. The Morgan fingerprint density at radius 3 is 2.82 bits per heavy atom. The van der Waals surface area contributed by atoms with Gasteiger partial charge in [-0.15, -0.1) is 35.3 Å². The van der Waals surface area contributed by atoms with Crippen molar-refractivity contribution in [3.05, 3.63) is 51.5 Å². The van der Waals surface area contributed by atoms with E-state index in [1.165, 1.54) is 6.07 Å². The van der Waals surface area contributed by atoms with Gasteiger partial charge in [-0.1, -0.05) is 0 Å². The molecule has 0 saturated carbocycles. The maximum absolute atomic E-state index is 13.7. The molecular formula is C19H27F2IN4OS. The van der Waals surface area contributed by atoms with E-state index in [1.807, 2.05) is 31.2 Å². The minimum Gasteiger partial charge on any atom is -0.375 e. The first kappa shape index (κ1) is 24.7. The highest BCUT2D eigenvalue weighted by Gasteiger charge is 2.13. The van der Waals surface area contributed by atoms with Crippen LogP contribution in [0.15, 0.2) is 28.6 Å². The summed E-state index contributed by atoms with van der Waals surface area (Å²) in [5, 5.41) is 6.16. The summed E-state index contributed by atoms with van der Waals surface area (Å²) in [6.07, 6.45) is 0.301. The molecule has 2 aromatic rings. The van der Waals surface area contributed by atoms with Gasteiger partial charge in [0.05, 0.1) is 12.2 Å². The Balaban J connectivity index is 0.00000392. The number of halogens is 3. The third kappa shape index (κ3) is 7.25. The zero-order chi connectivity index (χ0) is 19.8. The summed E-state index contributed by atoms with van der Waals surface area (Å²) in [4.78, 5) is 11.1. The van der Waals surface area contributed by atoms with Crippen molar-refractivity contribution >= 4 is 41.3 Å². The van der Waals surface area contributed by atoms with Gasteiger partial charge in [0.25, 0.3) is 0 Å². The SMILES string of the molecule is CCNC(=NCCc1cc(F)ccc1F)N(C)Cc1csc(C(C)OC)n1.I. The molecule has 0 saturated heterocycles. The van der Waals surface area contributed by atoms with Crippen LogP contribution < -0.4 is 5.32 Å². The van der Waals surface area contributed by atoms with Crippen molar-refractivity contribution in [2.45, 2.75) is 32.9 Å². The number of hydrogen-bond donors (Lipinski definition) is 1. The molecule has 1 N–H and O–H groups in total. The molecule has 156 valence electrons. The molecule has 28 heavy (non-hydrogen) atoms. The molecular weight excluding hydrogens is 497 g/mol. The fraction of sp³-hybridized carbons (Fsp3) is 0.474. The lowest BCUT2D eigenvalue weighted by molar-refractivity contribution is 0.119. The summed E-state index contributed by atoms with van der Waals surface area (Å²) in [5.41, 5.74) is 1.26. The average molecular weight is 524 g/mol. The second kappa shape index (κ2) is 12.3. The average Bonchev–Trinajstić information content (AvgIpc) is 3.11. The lowest BCUT2D eigenvalue weighted by Crippen LogP contribution is -2.38. The highest BCUT2D eigenvalue weighted by Crippen LogP contribution is 2.21. The molecule has 1 aromatic carbocycles. The van der Waals surface area contributed by atoms with E-state index in [2.05, 4.69) is 15.3 Å². The van der Waals surface area contributed by atoms with Crippen molar-refractivity contribution in [3.8, 4) is 0 Å². The van der Waals surface area contributed by atoms with E-state index in [0.29, 0.717) is 37.6 Å². The van der Waals surface area contributed by atoms with Crippen LogP contribution in [0.1, 0.15) is 36.2 Å². The highest BCUT2D eigenvalue weighted by atomic mass is 127. The zero-order valence-electron chi connectivity index (χ0n) is 16.5. The number of aromatic nitrogens is 1. The molecule has 0 amide bonds. The molecule has 0 spiro atoms. The summed E-state index contributed by atoms with van der Waals surface area (Å²) < 4.78 is 32.3. The third-order valence-corrected chi connectivity index (χ3v) is 5.07. The lowest BCUT2D eigenvalue weighted by Gasteiger charge is -2.21. The van der Waals surface area contributed by atoms with Gasteiger partial charge in [0.2, 0.25) is 0 Å². The molecule has 1 heterocycles. The van der Waals surface area contributed by atoms with Gasteiger partial charge in [0, 0.05) is 32.6 Å². The molecule has 1 atom stereocenters. The summed E-state index contributed by atoms with van der Waals surface area (Å²) in [5.74, 6) is -0.153. The Hall–Kier alpha value is -1.33. The van der Waals surface area contributed by atoms with E-state index >= 15 is 0 Å². The standard InChI is InChI=1S/C19H26F2N4OS.HI/c1-5-22-19(23-9-8-14-10-15(20)6-7-17(14)21)25(3)11-16-12-27-18(24-16)13(2)26-4;/h6-7,10,12-13H,5,8-9,11H2,1-4H3,(H,22,23);1H. The Kier molecular flexibility index (Phi) is 10.8. The maximum atomic E-state index is 13.7. The van der Waals surface area contributed by atoms with E-state index < -0.39 is 11.6 Å². The Morgan fingerprint density at radius 2 is 2.14 bits per heavy atom. The maximum Gasteiger partial charge on any atom is 0.194 e. The van der Waals surface area contributed by atoms with Crippen molar-refractivity contribution < 1.29 is 13.5 Å². The number of methoxy groups -OCH3 is 1. The molecule has 0 aliphatic rings. The monoisotopic (exact) mass is 524 g/mol. The molecule has 9 heteroatoms. The second-order valence-electron chi connectivity index (χ2n) is 6.13. The van der Waals surface area contributed by atoms with E-state index in [4.69, 9.17) is 4.74 Å². The summed E-state index contributed by atoms with van der Waals surface area (Å²) in [7, 11) is 3.58. The van der Waals surface area contributed by atoms with Crippen molar-refractivity contribution in [3.63, 3.8) is 0 Å². The highest BCUT2D eigenvalue weighted by molar-refractivity contribution is 14.0. The van der Waals surface area contributed by atoms with Crippen molar-refractivity contribution in [2.75, 3.05) is 27.2 Å². The van der Waals surface area contributed by atoms with Gasteiger partial charge in [0.1, 0.15) is 22.7 Å². The normalized spacial score (nSPS) is 12.4. The Labute approximate surface area is 186 Å². The number of aliphatic imine (C=N–C) groups is 1. The number of thiazole rings is 1. The molecule has 0 bridgehead atoms. The summed E-state index contributed by atoms with van der Waals surface area (Å²) in [6.45, 7) is 5.60. The second-order valence-corrected chi connectivity index (χ2v) is 7.02.